The van der Waals surface area contributed by atoms with Gasteiger partial charge in [-0.3, -0.25) is 15.0 Å². The molecule has 19 heavy (non-hydrogen) atoms. The summed E-state index contributed by atoms with van der Waals surface area (Å²) in [7, 11) is 0. The van der Waals surface area contributed by atoms with Crippen LogP contribution in [0, 0.1) is 10.1 Å². The number of urea groups is 1. The molecular formula is C13H15N3O3. The number of hydrogen-bond acceptors (Lipinski definition) is 3. The highest BCUT2D eigenvalue weighted by Gasteiger charge is 2.46. The Hall–Kier alpha value is -2.11. The van der Waals surface area contributed by atoms with E-state index in [2.05, 4.69) is 0 Å². The standard InChI is InChI=1S/C13H15N3O3/c1-9-12-3-2-8-14(12)13(17)15(9)10-4-6-11(7-5-10)16(18)19/h4-7,9,12H,2-3,8H2,1H3/t9-,12-/m0/s1. The van der Waals surface area contributed by atoms with Crippen LogP contribution in [0.3, 0.4) is 0 Å². The Morgan fingerprint density at radius 3 is 2.58 bits per heavy atom. The van der Waals surface area contributed by atoms with Crippen molar-refractivity contribution in [2.24, 2.45) is 0 Å². The number of nitro groups is 1. The Kier molecular flexibility index (Phi) is 2.66. The number of anilines is 1. The maximum Gasteiger partial charge on any atom is 0.325 e. The molecule has 0 saturated carbocycles. The summed E-state index contributed by atoms with van der Waals surface area (Å²) in [4.78, 5) is 26.2. The molecule has 2 aliphatic heterocycles. The van der Waals surface area contributed by atoms with Crippen LogP contribution in [0.2, 0.25) is 0 Å². The minimum atomic E-state index is -0.433. The van der Waals surface area contributed by atoms with Gasteiger partial charge in [-0.15, -0.1) is 0 Å². The van der Waals surface area contributed by atoms with Crippen LogP contribution in [0.4, 0.5) is 16.2 Å². The molecule has 2 fully saturated rings. The van der Waals surface area contributed by atoms with Crippen molar-refractivity contribution in [3.63, 3.8) is 0 Å². The van der Waals surface area contributed by atoms with Gasteiger partial charge in [-0.1, -0.05) is 0 Å². The van der Waals surface area contributed by atoms with Crippen molar-refractivity contribution < 1.29 is 9.72 Å². The number of benzene rings is 1. The molecule has 2 atom stereocenters. The summed E-state index contributed by atoms with van der Waals surface area (Å²) in [6, 6.07) is 6.60. The maximum atomic E-state index is 12.3. The van der Waals surface area contributed by atoms with Crippen molar-refractivity contribution in [1.82, 2.24) is 4.90 Å². The monoisotopic (exact) mass is 261 g/mol. The number of hydrogen-bond donors (Lipinski definition) is 0. The number of nitro benzene ring substituents is 1. The van der Waals surface area contributed by atoms with Gasteiger partial charge >= 0.3 is 6.03 Å². The number of carbonyl (C=O) groups is 1. The van der Waals surface area contributed by atoms with Crippen molar-refractivity contribution in [1.29, 1.82) is 0 Å². The first-order chi connectivity index (χ1) is 9.09. The van der Waals surface area contributed by atoms with Gasteiger partial charge in [0.25, 0.3) is 5.69 Å². The molecule has 0 N–H and O–H groups in total. The van der Waals surface area contributed by atoms with Crippen LogP contribution >= 0.6 is 0 Å². The summed E-state index contributed by atoms with van der Waals surface area (Å²) < 4.78 is 0. The van der Waals surface area contributed by atoms with E-state index < -0.39 is 4.92 Å². The van der Waals surface area contributed by atoms with Gasteiger partial charge in [0.2, 0.25) is 0 Å². The van der Waals surface area contributed by atoms with E-state index in [1.807, 2.05) is 11.8 Å². The summed E-state index contributed by atoms with van der Waals surface area (Å²) in [5, 5.41) is 10.6. The minimum absolute atomic E-state index is 0.0175. The molecule has 100 valence electrons. The first-order valence-corrected chi connectivity index (χ1v) is 6.44. The molecule has 6 heteroatoms. The highest BCUT2D eigenvalue weighted by Crippen LogP contribution is 2.35. The Labute approximate surface area is 110 Å². The van der Waals surface area contributed by atoms with E-state index in [4.69, 9.17) is 0 Å². The van der Waals surface area contributed by atoms with Crippen LogP contribution in [-0.4, -0.2) is 34.5 Å². The predicted octanol–water partition coefficient (Wildman–Crippen LogP) is 2.39. The molecule has 2 amide bonds. The average molecular weight is 261 g/mol. The van der Waals surface area contributed by atoms with E-state index in [0.717, 1.165) is 25.1 Å². The molecule has 6 nitrogen and oxygen atoms in total. The number of rotatable bonds is 2. The second kappa shape index (κ2) is 4.22. The number of amides is 2. The zero-order valence-corrected chi connectivity index (χ0v) is 10.7. The van der Waals surface area contributed by atoms with Gasteiger partial charge in [0.1, 0.15) is 0 Å². The summed E-state index contributed by atoms with van der Waals surface area (Å²) in [5.41, 5.74) is 0.779. The first-order valence-electron chi connectivity index (χ1n) is 6.44. The molecule has 2 saturated heterocycles. The molecule has 2 heterocycles. The van der Waals surface area contributed by atoms with Crippen LogP contribution in [0.1, 0.15) is 19.8 Å². The van der Waals surface area contributed by atoms with Crippen molar-refractivity contribution in [2.75, 3.05) is 11.4 Å². The van der Waals surface area contributed by atoms with Gasteiger partial charge in [-0.05, 0) is 31.9 Å². The van der Waals surface area contributed by atoms with Gasteiger partial charge in [0.05, 0.1) is 17.0 Å². The lowest BCUT2D eigenvalue weighted by Gasteiger charge is -2.22. The largest absolute Gasteiger partial charge is 0.325 e. The Balaban J connectivity index is 1.90. The normalized spacial score (nSPS) is 25.8. The van der Waals surface area contributed by atoms with Gasteiger partial charge < -0.3 is 4.90 Å². The third-order valence-electron chi connectivity index (χ3n) is 4.05. The van der Waals surface area contributed by atoms with E-state index in [1.54, 1.807) is 17.0 Å². The fourth-order valence-electron chi connectivity index (χ4n) is 3.10. The number of carbonyl (C=O) groups excluding carboxylic acids is 1. The van der Waals surface area contributed by atoms with Crippen molar-refractivity contribution in [3.8, 4) is 0 Å². The molecule has 1 aromatic carbocycles. The Bertz CT molecular complexity index is 528. The van der Waals surface area contributed by atoms with Crippen molar-refractivity contribution in [3.05, 3.63) is 34.4 Å². The Morgan fingerprint density at radius 2 is 2.00 bits per heavy atom. The van der Waals surface area contributed by atoms with E-state index in [9.17, 15) is 14.9 Å². The van der Waals surface area contributed by atoms with Crippen LogP contribution in [0.5, 0.6) is 0 Å². The van der Waals surface area contributed by atoms with E-state index in [1.165, 1.54) is 12.1 Å². The smallest absolute Gasteiger partial charge is 0.319 e. The lowest BCUT2D eigenvalue weighted by molar-refractivity contribution is -0.384. The molecule has 0 unspecified atom stereocenters. The molecule has 3 rings (SSSR count). The lowest BCUT2D eigenvalue weighted by Crippen LogP contribution is -2.34. The van der Waals surface area contributed by atoms with Gasteiger partial charge in [-0.2, -0.15) is 0 Å². The number of nitrogens with zero attached hydrogens (tertiary/aromatic N) is 3. The lowest BCUT2D eigenvalue weighted by atomic mass is 10.1. The fourth-order valence-corrected chi connectivity index (χ4v) is 3.10. The average Bonchev–Trinajstić information content (AvgIpc) is 2.95. The highest BCUT2D eigenvalue weighted by atomic mass is 16.6. The zero-order chi connectivity index (χ0) is 13.6. The van der Waals surface area contributed by atoms with Crippen LogP contribution in [0.15, 0.2) is 24.3 Å². The fraction of sp³-hybridized carbons (Fsp3) is 0.462. The molecule has 0 bridgehead atoms. The summed E-state index contributed by atoms with van der Waals surface area (Å²) in [5.74, 6) is 0. The number of fused-ring (bicyclic) bond motifs is 1. The predicted molar refractivity (Wildman–Crippen MR) is 70.2 cm³/mol. The molecule has 1 aromatic rings. The highest BCUT2D eigenvalue weighted by molar-refractivity contribution is 5.95. The van der Waals surface area contributed by atoms with Crippen molar-refractivity contribution in [2.45, 2.75) is 31.8 Å². The van der Waals surface area contributed by atoms with Gasteiger partial charge in [0, 0.05) is 24.4 Å². The molecule has 0 radical (unpaired) electrons. The van der Waals surface area contributed by atoms with E-state index >= 15 is 0 Å². The summed E-state index contributed by atoms with van der Waals surface area (Å²) in [6.07, 6.45) is 2.10. The van der Waals surface area contributed by atoms with Crippen LogP contribution < -0.4 is 4.90 Å². The van der Waals surface area contributed by atoms with Gasteiger partial charge in [-0.25, -0.2) is 4.79 Å². The van der Waals surface area contributed by atoms with E-state index in [0.29, 0.717) is 0 Å². The zero-order valence-electron chi connectivity index (χ0n) is 10.7. The molecular weight excluding hydrogens is 246 g/mol. The van der Waals surface area contributed by atoms with Crippen LogP contribution in [0.25, 0.3) is 0 Å². The minimum Gasteiger partial charge on any atom is -0.319 e. The summed E-state index contributed by atoms with van der Waals surface area (Å²) in [6.45, 7) is 2.85. The maximum absolute atomic E-state index is 12.3. The molecule has 0 aliphatic carbocycles. The third-order valence-corrected chi connectivity index (χ3v) is 4.05. The first kappa shape index (κ1) is 12.0. The molecule has 2 aliphatic rings. The number of non-ortho nitro benzene ring substituents is 1. The molecule has 0 spiro atoms. The van der Waals surface area contributed by atoms with Crippen LogP contribution in [-0.2, 0) is 0 Å². The second-order valence-corrected chi connectivity index (χ2v) is 5.07. The second-order valence-electron chi connectivity index (χ2n) is 5.07. The molecule has 0 aromatic heterocycles. The quantitative estimate of drug-likeness (QED) is 0.606. The summed E-state index contributed by atoms with van der Waals surface area (Å²) >= 11 is 0. The third kappa shape index (κ3) is 1.75. The van der Waals surface area contributed by atoms with Gasteiger partial charge in [0.15, 0.2) is 0 Å². The van der Waals surface area contributed by atoms with Crippen molar-refractivity contribution >= 4 is 17.4 Å². The Morgan fingerprint density at radius 1 is 1.32 bits per heavy atom. The topological polar surface area (TPSA) is 66.7 Å². The van der Waals surface area contributed by atoms with E-state index in [-0.39, 0.29) is 23.8 Å². The SMILES string of the molecule is C[C@H]1[C@@H]2CCCN2C(=O)N1c1ccc([N+](=O)[O-])cc1.